The molecular weight excluding hydrogens is 400 g/mol. The van der Waals surface area contributed by atoms with Crippen molar-refractivity contribution in [1.82, 2.24) is 4.98 Å². The molecule has 3 aromatic rings. The molecule has 1 N–H and O–H groups in total. The molecule has 6 heteroatoms. The van der Waals surface area contributed by atoms with E-state index in [1.807, 2.05) is 37.3 Å². The van der Waals surface area contributed by atoms with E-state index >= 15 is 0 Å². The number of carbonyl (C=O) groups excluding carboxylic acids is 1. The van der Waals surface area contributed by atoms with Gasteiger partial charge in [-0.25, -0.2) is 4.98 Å². The minimum atomic E-state index is -0.222. The van der Waals surface area contributed by atoms with Crippen molar-refractivity contribution in [2.24, 2.45) is 0 Å². The van der Waals surface area contributed by atoms with Crippen LogP contribution >= 0.6 is 27.3 Å². The third kappa shape index (κ3) is 4.58. The van der Waals surface area contributed by atoms with E-state index in [2.05, 4.69) is 39.2 Å². The van der Waals surface area contributed by atoms with Gasteiger partial charge in [-0.2, -0.15) is 0 Å². The van der Waals surface area contributed by atoms with Crippen molar-refractivity contribution < 1.29 is 9.53 Å². The SMILES string of the molecule is CCCc1ccc(OCC(=O)Nc2nc3ccc(C)cc3s2)c(Br)c1. The summed E-state index contributed by atoms with van der Waals surface area (Å²) in [5.41, 5.74) is 3.31. The number of hydrogen-bond acceptors (Lipinski definition) is 4. The van der Waals surface area contributed by atoms with Crippen LogP contribution in [-0.4, -0.2) is 17.5 Å². The zero-order valence-corrected chi connectivity index (χ0v) is 16.5. The van der Waals surface area contributed by atoms with Crippen molar-refractivity contribution in [2.45, 2.75) is 26.7 Å². The van der Waals surface area contributed by atoms with Gasteiger partial charge in [0.15, 0.2) is 11.7 Å². The number of halogens is 1. The Labute approximate surface area is 159 Å². The number of rotatable bonds is 6. The Balaban J connectivity index is 1.60. The fourth-order valence-corrected chi connectivity index (χ4v) is 4.01. The fourth-order valence-electron chi connectivity index (χ4n) is 2.49. The first-order valence-corrected chi connectivity index (χ1v) is 9.74. The first-order valence-electron chi connectivity index (χ1n) is 8.13. The Morgan fingerprint density at radius 1 is 1.28 bits per heavy atom. The lowest BCUT2D eigenvalue weighted by Gasteiger charge is -2.09. The number of amides is 1. The number of nitrogens with one attached hydrogen (secondary N) is 1. The van der Waals surface area contributed by atoms with Gasteiger partial charge in [-0.05, 0) is 64.7 Å². The van der Waals surface area contributed by atoms with Gasteiger partial charge in [0, 0.05) is 0 Å². The molecule has 0 spiro atoms. The Morgan fingerprint density at radius 2 is 2.12 bits per heavy atom. The van der Waals surface area contributed by atoms with Crippen molar-refractivity contribution >= 4 is 48.5 Å². The third-order valence-electron chi connectivity index (χ3n) is 3.68. The fraction of sp³-hybridized carbons (Fsp3) is 0.263. The van der Waals surface area contributed by atoms with E-state index in [0.29, 0.717) is 10.9 Å². The molecule has 130 valence electrons. The normalized spacial score (nSPS) is 10.8. The zero-order valence-electron chi connectivity index (χ0n) is 14.1. The number of thiazole rings is 1. The number of ether oxygens (including phenoxy) is 1. The molecule has 0 aliphatic rings. The van der Waals surface area contributed by atoms with Crippen molar-refractivity contribution in [1.29, 1.82) is 0 Å². The van der Waals surface area contributed by atoms with Crippen molar-refractivity contribution in [2.75, 3.05) is 11.9 Å². The summed E-state index contributed by atoms with van der Waals surface area (Å²) in [6.45, 7) is 4.13. The largest absolute Gasteiger partial charge is 0.483 e. The number of carbonyl (C=O) groups is 1. The lowest BCUT2D eigenvalue weighted by atomic mass is 10.1. The Kier molecular flexibility index (Phi) is 5.71. The van der Waals surface area contributed by atoms with E-state index in [0.717, 1.165) is 27.5 Å². The second kappa shape index (κ2) is 7.97. The molecule has 3 rings (SSSR count). The number of benzene rings is 2. The van der Waals surface area contributed by atoms with Crippen LogP contribution in [0.4, 0.5) is 5.13 Å². The first-order chi connectivity index (χ1) is 12.0. The Morgan fingerprint density at radius 3 is 2.88 bits per heavy atom. The summed E-state index contributed by atoms with van der Waals surface area (Å²) in [4.78, 5) is 16.5. The minimum absolute atomic E-state index is 0.0549. The van der Waals surface area contributed by atoms with Gasteiger partial charge < -0.3 is 4.74 Å². The Hall–Kier alpha value is -1.92. The van der Waals surface area contributed by atoms with Crippen LogP contribution in [-0.2, 0) is 11.2 Å². The van der Waals surface area contributed by atoms with Crippen LogP contribution in [0, 0.1) is 6.92 Å². The molecule has 4 nitrogen and oxygen atoms in total. The van der Waals surface area contributed by atoms with Gasteiger partial charge in [-0.3, -0.25) is 10.1 Å². The molecule has 0 atom stereocenters. The minimum Gasteiger partial charge on any atom is -0.483 e. The van der Waals surface area contributed by atoms with E-state index in [9.17, 15) is 4.79 Å². The number of hydrogen-bond donors (Lipinski definition) is 1. The molecule has 2 aromatic carbocycles. The molecule has 0 saturated heterocycles. The maximum Gasteiger partial charge on any atom is 0.264 e. The molecule has 0 aliphatic carbocycles. The van der Waals surface area contributed by atoms with Gasteiger partial charge in [0.2, 0.25) is 0 Å². The van der Waals surface area contributed by atoms with Crippen molar-refractivity contribution in [3.8, 4) is 5.75 Å². The van der Waals surface area contributed by atoms with Crippen molar-refractivity contribution in [3.63, 3.8) is 0 Å². The summed E-state index contributed by atoms with van der Waals surface area (Å²) in [5, 5.41) is 3.39. The molecular formula is C19H19BrN2O2S. The smallest absolute Gasteiger partial charge is 0.264 e. The summed E-state index contributed by atoms with van der Waals surface area (Å²) in [5.74, 6) is 0.440. The highest BCUT2D eigenvalue weighted by Gasteiger charge is 2.10. The number of aromatic nitrogens is 1. The van der Waals surface area contributed by atoms with Crippen LogP contribution in [0.2, 0.25) is 0 Å². The topological polar surface area (TPSA) is 51.2 Å². The lowest BCUT2D eigenvalue weighted by molar-refractivity contribution is -0.118. The van der Waals surface area contributed by atoms with Gasteiger partial charge in [0.05, 0.1) is 14.7 Å². The molecule has 0 saturated carbocycles. The van der Waals surface area contributed by atoms with Gasteiger partial charge in [-0.15, -0.1) is 0 Å². The van der Waals surface area contributed by atoms with Crippen LogP contribution < -0.4 is 10.1 Å². The van der Waals surface area contributed by atoms with Crippen LogP contribution in [0.1, 0.15) is 24.5 Å². The van der Waals surface area contributed by atoms with Crippen molar-refractivity contribution in [3.05, 3.63) is 52.0 Å². The second-order valence-corrected chi connectivity index (χ2v) is 7.73. The summed E-state index contributed by atoms with van der Waals surface area (Å²) in [6, 6.07) is 12.0. The predicted molar refractivity (Wildman–Crippen MR) is 107 cm³/mol. The molecule has 1 aromatic heterocycles. The number of aryl methyl sites for hydroxylation is 2. The van der Waals surface area contributed by atoms with Crippen LogP contribution in [0.3, 0.4) is 0 Å². The summed E-state index contributed by atoms with van der Waals surface area (Å²) >= 11 is 4.96. The summed E-state index contributed by atoms with van der Waals surface area (Å²) in [7, 11) is 0. The van der Waals surface area contributed by atoms with E-state index in [-0.39, 0.29) is 12.5 Å². The third-order valence-corrected chi connectivity index (χ3v) is 5.24. The van der Waals surface area contributed by atoms with Gasteiger partial charge in [0.1, 0.15) is 5.75 Å². The van der Waals surface area contributed by atoms with Crippen LogP contribution in [0.25, 0.3) is 10.2 Å². The quantitative estimate of drug-likeness (QED) is 0.587. The summed E-state index contributed by atoms with van der Waals surface area (Å²) < 4.78 is 7.54. The van der Waals surface area contributed by atoms with Gasteiger partial charge in [-0.1, -0.05) is 36.8 Å². The lowest BCUT2D eigenvalue weighted by Crippen LogP contribution is -2.20. The van der Waals surface area contributed by atoms with E-state index < -0.39 is 0 Å². The molecule has 1 amide bonds. The number of nitrogens with zero attached hydrogens (tertiary/aromatic N) is 1. The van der Waals surface area contributed by atoms with E-state index in [1.165, 1.54) is 22.5 Å². The molecule has 0 fully saturated rings. The number of anilines is 1. The monoisotopic (exact) mass is 418 g/mol. The molecule has 0 aliphatic heterocycles. The van der Waals surface area contributed by atoms with Gasteiger partial charge >= 0.3 is 0 Å². The average molecular weight is 419 g/mol. The number of fused-ring (bicyclic) bond motifs is 1. The second-order valence-electron chi connectivity index (χ2n) is 5.84. The molecule has 0 bridgehead atoms. The molecule has 1 heterocycles. The Bertz CT molecular complexity index is 908. The van der Waals surface area contributed by atoms with Gasteiger partial charge in [0.25, 0.3) is 5.91 Å². The standard InChI is InChI=1S/C19H19BrN2O2S/c1-3-4-13-6-8-16(14(20)10-13)24-11-18(23)22-19-21-15-7-5-12(2)9-17(15)25-19/h5-10H,3-4,11H2,1-2H3,(H,21,22,23). The van der Waals surface area contributed by atoms with E-state index in [4.69, 9.17) is 4.74 Å². The first kappa shape index (κ1) is 17.9. The average Bonchev–Trinajstić information content (AvgIpc) is 2.95. The van der Waals surface area contributed by atoms with Crippen LogP contribution in [0.15, 0.2) is 40.9 Å². The van der Waals surface area contributed by atoms with E-state index in [1.54, 1.807) is 0 Å². The maximum absolute atomic E-state index is 12.1. The highest BCUT2D eigenvalue weighted by atomic mass is 79.9. The molecule has 25 heavy (non-hydrogen) atoms. The highest BCUT2D eigenvalue weighted by molar-refractivity contribution is 9.10. The molecule has 0 radical (unpaired) electrons. The van der Waals surface area contributed by atoms with Crippen LogP contribution in [0.5, 0.6) is 5.75 Å². The predicted octanol–water partition coefficient (Wildman–Crippen LogP) is 5.34. The molecule has 0 unspecified atom stereocenters. The maximum atomic E-state index is 12.1. The zero-order chi connectivity index (χ0) is 17.8. The summed E-state index contributed by atoms with van der Waals surface area (Å²) in [6.07, 6.45) is 2.12. The highest BCUT2D eigenvalue weighted by Crippen LogP contribution is 2.28.